The van der Waals surface area contributed by atoms with Crippen LogP contribution < -0.4 is 10.6 Å². The van der Waals surface area contributed by atoms with E-state index in [1.807, 2.05) is 6.92 Å². The maximum atomic E-state index is 13.4. The van der Waals surface area contributed by atoms with Crippen molar-refractivity contribution in [2.75, 3.05) is 6.54 Å². The summed E-state index contributed by atoms with van der Waals surface area (Å²) in [6, 6.07) is 2.53. The number of rotatable bonds is 2. The van der Waals surface area contributed by atoms with Crippen LogP contribution in [0.3, 0.4) is 0 Å². The maximum absolute atomic E-state index is 13.4. The predicted octanol–water partition coefficient (Wildman–Crippen LogP) is 3.00. The highest BCUT2D eigenvalue weighted by atomic mass is 35.5. The van der Waals surface area contributed by atoms with E-state index in [1.54, 1.807) is 0 Å². The number of nitrogens with one attached hydrogen (secondary N) is 2. The van der Waals surface area contributed by atoms with Gasteiger partial charge in [-0.3, -0.25) is 4.79 Å². The van der Waals surface area contributed by atoms with Crippen molar-refractivity contribution in [1.82, 2.24) is 10.6 Å². The van der Waals surface area contributed by atoms with Crippen LogP contribution in [0.5, 0.6) is 0 Å². The number of piperidine rings is 1. The van der Waals surface area contributed by atoms with Crippen LogP contribution in [0.25, 0.3) is 0 Å². The highest BCUT2D eigenvalue weighted by Gasteiger charge is 2.24. The van der Waals surface area contributed by atoms with Gasteiger partial charge in [0.25, 0.3) is 5.91 Å². The van der Waals surface area contributed by atoms with Crippen LogP contribution in [0.2, 0.25) is 10.0 Å². The Morgan fingerprint density at radius 2 is 2.16 bits per heavy atom. The molecule has 2 rings (SSSR count). The molecule has 3 nitrogen and oxygen atoms in total. The lowest BCUT2D eigenvalue weighted by atomic mass is 9.99. The van der Waals surface area contributed by atoms with Gasteiger partial charge in [0.15, 0.2) is 0 Å². The molecule has 2 N–H and O–H groups in total. The van der Waals surface area contributed by atoms with Crippen molar-refractivity contribution in [2.24, 2.45) is 0 Å². The lowest BCUT2D eigenvalue weighted by Crippen LogP contribution is -2.51. The summed E-state index contributed by atoms with van der Waals surface area (Å²) >= 11 is 11.5. The van der Waals surface area contributed by atoms with Gasteiger partial charge in [-0.1, -0.05) is 23.2 Å². The molecule has 1 aromatic carbocycles. The highest BCUT2D eigenvalue weighted by Crippen LogP contribution is 2.24. The number of carbonyl (C=O) groups is 1. The van der Waals surface area contributed by atoms with Gasteiger partial charge in [0.1, 0.15) is 5.82 Å². The van der Waals surface area contributed by atoms with E-state index in [4.69, 9.17) is 23.2 Å². The Morgan fingerprint density at radius 1 is 1.42 bits per heavy atom. The van der Waals surface area contributed by atoms with Gasteiger partial charge in [0.05, 0.1) is 15.6 Å². The maximum Gasteiger partial charge on any atom is 0.253 e. The van der Waals surface area contributed by atoms with Gasteiger partial charge >= 0.3 is 0 Å². The topological polar surface area (TPSA) is 41.1 Å². The van der Waals surface area contributed by atoms with Gasteiger partial charge in [-0.05, 0) is 38.4 Å². The van der Waals surface area contributed by atoms with Gasteiger partial charge in [-0.15, -0.1) is 0 Å². The summed E-state index contributed by atoms with van der Waals surface area (Å²) in [5.41, 5.74) is 0.112. The Hall–Kier alpha value is -0.840. The SMILES string of the molecule is CC1NCCCC1NC(=O)c1cc(F)c(Cl)cc1Cl. The first kappa shape index (κ1) is 14.6. The van der Waals surface area contributed by atoms with Crippen molar-refractivity contribution in [2.45, 2.75) is 31.8 Å². The molecule has 1 aliphatic heterocycles. The molecule has 2 unspecified atom stereocenters. The molecule has 0 aliphatic carbocycles. The standard InChI is InChI=1S/C13H15Cl2FN2O/c1-7-12(3-2-4-17-7)18-13(19)8-5-11(16)10(15)6-9(8)14/h5-7,12,17H,2-4H2,1H3,(H,18,19). The molecule has 1 saturated heterocycles. The van der Waals surface area contributed by atoms with Gasteiger partial charge in [0, 0.05) is 12.1 Å². The van der Waals surface area contributed by atoms with Gasteiger partial charge in [-0.25, -0.2) is 4.39 Å². The fourth-order valence-electron chi connectivity index (χ4n) is 2.18. The molecule has 1 heterocycles. The summed E-state index contributed by atoms with van der Waals surface area (Å²) < 4.78 is 13.4. The molecule has 19 heavy (non-hydrogen) atoms. The fraction of sp³-hybridized carbons (Fsp3) is 0.462. The summed E-state index contributed by atoms with van der Waals surface area (Å²) in [6.07, 6.45) is 1.89. The number of hydrogen-bond acceptors (Lipinski definition) is 2. The molecule has 1 fully saturated rings. The molecule has 1 aromatic rings. The molecule has 1 aliphatic rings. The van der Waals surface area contributed by atoms with Crippen LogP contribution in [-0.2, 0) is 0 Å². The molecule has 6 heteroatoms. The van der Waals surface area contributed by atoms with Crippen LogP contribution >= 0.6 is 23.2 Å². The first-order valence-electron chi connectivity index (χ1n) is 6.18. The number of benzene rings is 1. The minimum absolute atomic E-state index is 0.0241. The van der Waals surface area contributed by atoms with Crippen LogP contribution in [0, 0.1) is 5.82 Å². The van der Waals surface area contributed by atoms with Crippen LogP contribution in [0.1, 0.15) is 30.1 Å². The molecule has 0 spiro atoms. The van der Waals surface area contributed by atoms with Crippen molar-refractivity contribution in [1.29, 1.82) is 0 Å². The number of amides is 1. The average molecular weight is 305 g/mol. The minimum atomic E-state index is -0.647. The second kappa shape index (κ2) is 6.07. The first-order chi connectivity index (χ1) is 8.99. The molecular formula is C13H15Cl2FN2O. The van der Waals surface area contributed by atoms with E-state index in [0.29, 0.717) is 0 Å². The summed E-state index contributed by atoms with van der Waals surface area (Å²) in [7, 11) is 0. The minimum Gasteiger partial charge on any atom is -0.348 e. The monoisotopic (exact) mass is 304 g/mol. The fourth-order valence-corrected chi connectivity index (χ4v) is 2.65. The van der Waals surface area contributed by atoms with Gasteiger partial charge < -0.3 is 10.6 Å². The number of carbonyl (C=O) groups excluding carboxylic acids is 1. The molecular weight excluding hydrogens is 290 g/mol. The van der Waals surface area contributed by atoms with E-state index in [1.165, 1.54) is 6.07 Å². The quantitative estimate of drug-likeness (QED) is 0.825. The van der Waals surface area contributed by atoms with Crippen molar-refractivity contribution < 1.29 is 9.18 Å². The van der Waals surface area contributed by atoms with E-state index < -0.39 is 5.82 Å². The van der Waals surface area contributed by atoms with Crippen molar-refractivity contribution in [3.05, 3.63) is 33.6 Å². The summed E-state index contributed by atoms with van der Waals surface area (Å²) in [6.45, 7) is 2.96. The summed E-state index contributed by atoms with van der Waals surface area (Å²) in [5.74, 6) is -1.02. The predicted molar refractivity (Wildman–Crippen MR) is 74.4 cm³/mol. The Morgan fingerprint density at radius 3 is 2.84 bits per heavy atom. The van der Waals surface area contributed by atoms with E-state index in [0.717, 1.165) is 25.5 Å². The van der Waals surface area contributed by atoms with Gasteiger partial charge in [0.2, 0.25) is 0 Å². The van der Waals surface area contributed by atoms with Crippen LogP contribution in [0.4, 0.5) is 4.39 Å². The zero-order valence-electron chi connectivity index (χ0n) is 10.5. The summed E-state index contributed by atoms with van der Waals surface area (Å²) in [4.78, 5) is 12.1. The molecule has 0 radical (unpaired) electrons. The average Bonchev–Trinajstić information content (AvgIpc) is 2.36. The van der Waals surface area contributed by atoms with Crippen molar-refractivity contribution in [3.63, 3.8) is 0 Å². The van der Waals surface area contributed by atoms with E-state index in [9.17, 15) is 9.18 Å². The van der Waals surface area contributed by atoms with Crippen molar-refractivity contribution in [3.8, 4) is 0 Å². The molecule has 0 saturated carbocycles. The van der Waals surface area contributed by atoms with Crippen LogP contribution in [-0.4, -0.2) is 24.5 Å². The third-order valence-electron chi connectivity index (χ3n) is 3.33. The Kier molecular flexibility index (Phi) is 4.66. The zero-order chi connectivity index (χ0) is 14.0. The van der Waals surface area contributed by atoms with Gasteiger partial charge in [-0.2, -0.15) is 0 Å². The number of hydrogen-bond donors (Lipinski definition) is 2. The van der Waals surface area contributed by atoms with Crippen molar-refractivity contribution >= 4 is 29.1 Å². The smallest absolute Gasteiger partial charge is 0.253 e. The van der Waals surface area contributed by atoms with E-state index in [-0.39, 0.29) is 33.6 Å². The number of halogens is 3. The first-order valence-corrected chi connectivity index (χ1v) is 6.93. The second-order valence-electron chi connectivity index (χ2n) is 4.71. The molecule has 1 amide bonds. The molecule has 2 atom stereocenters. The Balaban J connectivity index is 2.13. The van der Waals surface area contributed by atoms with Crippen LogP contribution in [0.15, 0.2) is 12.1 Å². The molecule has 0 bridgehead atoms. The van der Waals surface area contributed by atoms with E-state index >= 15 is 0 Å². The molecule has 0 aromatic heterocycles. The highest BCUT2D eigenvalue weighted by molar-refractivity contribution is 6.36. The largest absolute Gasteiger partial charge is 0.348 e. The Bertz CT molecular complexity index is 496. The Labute approximate surface area is 121 Å². The molecule has 104 valence electrons. The summed E-state index contributed by atoms with van der Waals surface area (Å²) in [5, 5.41) is 6.22. The third-order valence-corrected chi connectivity index (χ3v) is 3.94. The lowest BCUT2D eigenvalue weighted by molar-refractivity contribution is 0.0919. The third kappa shape index (κ3) is 3.38. The second-order valence-corrected chi connectivity index (χ2v) is 5.53. The normalized spacial score (nSPS) is 23.2. The zero-order valence-corrected chi connectivity index (χ0v) is 12.0. The van der Waals surface area contributed by atoms with E-state index in [2.05, 4.69) is 10.6 Å². The lowest BCUT2D eigenvalue weighted by Gasteiger charge is -2.30.